The van der Waals surface area contributed by atoms with Crippen LogP contribution in [-0.4, -0.2) is 61.7 Å². The molecule has 0 bridgehead atoms. The summed E-state index contributed by atoms with van der Waals surface area (Å²) in [5.74, 6) is -0.0322. The fourth-order valence-corrected chi connectivity index (χ4v) is 5.65. The van der Waals surface area contributed by atoms with Gasteiger partial charge in [-0.05, 0) is 48.2 Å². The smallest absolute Gasteiger partial charge is 0.168 e. The number of benzene rings is 1. The molecule has 4 heterocycles. The van der Waals surface area contributed by atoms with Crippen LogP contribution in [0, 0.1) is 30.4 Å². The van der Waals surface area contributed by atoms with Crippen molar-refractivity contribution in [3.05, 3.63) is 83.6 Å². The largest absolute Gasteiger partial charge is 0.403 e. The zero-order chi connectivity index (χ0) is 31.1. The number of piperidine rings is 1. The second-order valence-electron chi connectivity index (χ2n) is 11.3. The van der Waals surface area contributed by atoms with Crippen molar-refractivity contribution in [1.29, 1.82) is 0 Å². The predicted octanol–water partition coefficient (Wildman–Crippen LogP) is 4.19. The lowest BCUT2D eigenvalue weighted by Crippen LogP contribution is -2.62. The molecule has 6 N–H and O–H groups in total. The molecule has 0 radical (unpaired) electrons. The van der Waals surface area contributed by atoms with Crippen LogP contribution in [-0.2, 0) is 4.74 Å². The summed E-state index contributed by atoms with van der Waals surface area (Å²) in [5, 5.41) is 6.58. The van der Waals surface area contributed by atoms with Gasteiger partial charge in [0.05, 0.1) is 30.8 Å². The molecule has 2 aliphatic rings. The van der Waals surface area contributed by atoms with E-state index < -0.39 is 11.6 Å². The van der Waals surface area contributed by atoms with Gasteiger partial charge in [-0.2, -0.15) is 0 Å². The first-order chi connectivity index (χ1) is 20.7. The van der Waals surface area contributed by atoms with Crippen LogP contribution in [0.1, 0.15) is 41.4 Å². The molecule has 5 rings (SSSR count). The lowest BCUT2D eigenvalue weighted by molar-refractivity contribution is 0.00831. The summed E-state index contributed by atoms with van der Waals surface area (Å²) < 4.78 is 33.4. The number of nitrogens with zero attached hydrogens (tertiary/aromatic N) is 3. The summed E-state index contributed by atoms with van der Waals surface area (Å²) in [6.07, 6.45) is 7.51. The van der Waals surface area contributed by atoms with Crippen molar-refractivity contribution in [3.63, 3.8) is 0 Å². The van der Waals surface area contributed by atoms with Gasteiger partial charge in [-0.3, -0.25) is 9.78 Å². The van der Waals surface area contributed by atoms with E-state index in [4.69, 9.17) is 16.2 Å². The van der Waals surface area contributed by atoms with E-state index in [1.54, 1.807) is 13.1 Å². The Kier molecular flexibility index (Phi) is 10.7. The zero-order valence-electron chi connectivity index (χ0n) is 25.1. The first kappa shape index (κ1) is 31.8. The van der Waals surface area contributed by atoms with Crippen LogP contribution in [0.5, 0.6) is 0 Å². The highest BCUT2D eigenvalue weighted by Crippen LogP contribution is 2.33. The molecule has 2 aliphatic heterocycles. The number of aryl methyl sites for hydroxylation is 1. The Hall–Kier alpha value is -4.09. The van der Waals surface area contributed by atoms with Crippen molar-refractivity contribution >= 4 is 17.7 Å². The van der Waals surface area contributed by atoms with Crippen molar-refractivity contribution in [1.82, 2.24) is 15.3 Å². The second-order valence-corrected chi connectivity index (χ2v) is 11.3. The molecule has 0 amide bonds. The predicted molar refractivity (Wildman–Crippen MR) is 166 cm³/mol. The van der Waals surface area contributed by atoms with E-state index in [2.05, 4.69) is 39.3 Å². The molecule has 0 saturated carbocycles. The summed E-state index contributed by atoms with van der Waals surface area (Å²) in [6, 6.07) is 7.91. The molecule has 3 atom stereocenters. The summed E-state index contributed by atoms with van der Waals surface area (Å²) in [6.45, 7) is 9.10. The number of nitrogens with one attached hydrogen (secondary N) is 2. The van der Waals surface area contributed by atoms with Gasteiger partial charge in [-0.15, -0.1) is 0 Å². The normalized spacial score (nSPS) is 20.4. The highest BCUT2D eigenvalue weighted by atomic mass is 19.1. The molecular weight excluding hydrogens is 552 g/mol. The minimum atomic E-state index is -0.651. The number of hydrogen-bond acceptors (Lipinski definition) is 9. The van der Waals surface area contributed by atoms with Crippen molar-refractivity contribution in [2.24, 2.45) is 23.3 Å². The summed E-state index contributed by atoms with van der Waals surface area (Å²) in [4.78, 5) is 21.2. The Bertz CT molecular complexity index is 1410. The van der Waals surface area contributed by atoms with E-state index in [9.17, 15) is 13.6 Å². The maximum absolute atomic E-state index is 14.4. The van der Waals surface area contributed by atoms with Gasteiger partial charge in [-0.25, -0.2) is 13.8 Å². The van der Waals surface area contributed by atoms with Gasteiger partial charge in [0.2, 0.25) is 0 Å². The van der Waals surface area contributed by atoms with E-state index in [1.165, 1.54) is 18.3 Å². The van der Waals surface area contributed by atoms with Crippen LogP contribution in [0.2, 0.25) is 0 Å². The minimum Gasteiger partial charge on any atom is -0.403 e. The number of nitrogens with two attached hydrogens (primary N) is 2. The van der Waals surface area contributed by atoms with E-state index in [1.807, 2.05) is 31.6 Å². The number of rotatable bonds is 8. The number of aromatic nitrogens is 2. The van der Waals surface area contributed by atoms with Gasteiger partial charge in [0.15, 0.2) is 6.29 Å². The van der Waals surface area contributed by atoms with E-state index in [0.29, 0.717) is 36.9 Å². The maximum atomic E-state index is 14.4. The van der Waals surface area contributed by atoms with Crippen molar-refractivity contribution in [2.45, 2.75) is 38.8 Å². The minimum absolute atomic E-state index is 0.0372. The number of aldehydes is 1. The lowest BCUT2D eigenvalue weighted by atomic mass is 9.81. The lowest BCUT2D eigenvalue weighted by Gasteiger charge is -2.45. The molecule has 2 saturated heterocycles. The second kappa shape index (κ2) is 14.4. The number of carbonyl (C=O) groups is 1. The zero-order valence-corrected chi connectivity index (χ0v) is 25.1. The van der Waals surface area contributed by atoms with Gasteiger partial charge in [0.1, 0.15) is 23.0 Å². The third-order valence-electron chi connectivity index (χ3n) is 8.08. The molecule has 0 spiro atoms. The average Bonchev–Trinajstić information content (AvgIpc) is 2.96. The molecule has 11 heteroatoms. The van der Waals surface area contributed by atoms with Crippen LogP contribution < -0.4 is 27.0 Å². The third-order valence-corrected chi connectivity index (χ3v) is 8.08. The van der Waals surface area contributed by atoms with Crippen LogP contribution in [0.15, 0.2) is 55.1 Å². The van der Waals surface area contributed by atoms with Crippen LogP contribution in [0.4, 0.5) is 20.2 Å². The molecule has 2 aromatic heterocycles. The highest BCUT2D eigenvalue weighted by molar-refractivity contribution is 5.75. The SMILES string of the molecule is CNc1cnccc1N1CC(N)C(N/C=C\N)[C@@H](C(C)C)C1.Cc1cc(C2COC2)cc(F)c1-c1nc(C=O)ccc1F. The van der Waals surface area contributed by atoms with Gasteiger partial charge in [-0.1, -0.05) is 19.9 Å². The number of pyridine rings is 2. The Morgan fingerprint density at radius 1 is 1.14 bits per heavy atom. The van der Waals surface area contributed by atoms with Gasteiger partial charge >= 0.3 is 0 Å². The number of hydrogen-bond donors (Lipinski definition) is 4. The Morgan fingerprint density at radius 2 is 1.91 bits per heavy atom. The number of halogens is 2. The molecule has 0 aliphatic carbocycles. The van der Waals surface area contributed by atoms with E-state index in [0.717, 1.165) is 36.1 Å². The maximum Gasteiger partial charge on any atom is 0.168 e. The number of ether oxygens (including phenoxy) is 1. The van der Waals surface area contributed by atoms with Crippen molar-refractivity contribution in [2.75, 3.05) is 43.6 Å². The average molecular weight is 594 g/mol. The molecule has 2 fully saturated rings. The molecule has 3 aromatic rings. The van der Waals surface area contributed by atoms with Gasteiger partial charge in [0.25, 0.3) is 0 Å². The molecule has 43 heavy (non-hydrogen) atoms. The summed E-state index contributed by atoms with van der Waals surface area (Å²) in [5.41, 5.74) is 15.6. The van der Waals surface area contributed by atoms with Crippen molar-refractivity contribution in [3.8, 4) is 11.3 Å². The first-order valence-electron chi connectivity index (χ1n) is 14.4. The highest BCUT2D eigenvalue weighted by Gasteiger charge is 2.36. The van der Waals surface area contributed by atoms with Gasteiger partial charge < -0.3 is 31.7 Å². The fourth-order valence-electron chi connectivity index (χ4n) is 5.65. The van der Waals surface area contributed by atoms with Crippen LogP contribution in [0.25, 0.3) is 11.3 Å². The standard InChI is InChI=1S/C16H13F2NO2.C16H28N6/c1-9-4-10(11-7-21-8-11)5-14(18)15(9)16-13(17)3-2-12(6-20)19-16;1-11(2)12-9-22(10-13(18)16(12)21-7-5-17)15-4-6-20-8-14(15)19-3/h2-6,11H,7-8H2,1H3;4-8,11-13,16,19,21H,9-10,17-18H2,1-3H3/b;7-5-/t;12-,13?,16?/m.1/s1. The quantitative estimate of drug-likeness (QED) is 0.284. The number of anilines is 2. The first-order valence-corrected chi connectivity index (χ1v) is 14.4. The summed E-state index contributed by atoms with van der Waals surface area (Å²) >= 11 is 0. The molecule has 2 unspecified atom stereocenters. The van der Waals surface area contributed by atoms with E-state index in [-0.39, 0.29) is 35.0 Å². The summed E-state index contributed by atoms with van der Waals surface area (Å²) in [7, 11) is 1.92. The Morgan fingerprint density at radius 3 is 2.51 bits per heavy atom. The van der Waals surface area contributed by atoms with Crippen LogP contribution in [0.3, 0.4) is 0 Å². The number of carbonyl (C=O) groups excluding carboxylic acids is 1. The Balaban J connectivity index is 0.000000197. The molecule has 230 valence electrons. The fraction of sp³-hybridized carbons (Fsp3) is 0.406. The molecule has 1 aromatic carbocycles. The monoisotopic (exact) mass is 593 g/mol. The Labute approximate surface area is 251 Å². The van der Waals surface area contributed by atoms with Crippen molar-refractivity contribution < 1.29 is 18.3 Å². The topological polar surface area (TPSA) is 131 Å². The molecule has 9 nitrogen and oxygen atoms in total. The third kappa shape index (κ3) is 7.29. The molecular formula is C32H41F2N7O2. The van der Waals surface area contributed by atoms with Gasteiger partial charge in [0, 0.05) is 68.2 Å². The van der Waals surface area contributed by atoms with E-state index >= 15 is 0 Å². The van der Waals surface area contributed by atoms with Crippen LogP contribution >= 0.6 is 0 Å².